The van der Waals surface area contributed by atoms with E-state index in [1.807, 2.05) is 49.4 Å². The van der Waals surface area contributed by atoms with Crippen LogP contribution in [0.1, 0.15) is 51.2 Å². The first-order chi connectivity index (χ1) is 16.8. The highest BCUT2D eigenvalue weighted by Crippen LogP contribution is 2.30. The molecule has 1 amide bonds. The molecule has 2 aromatic rings. The molecule has 1 N–H and O–H groups in total. The van der Waals surface area contributed by atoms with Gasteiger partial charge in [-0.2, -0.15) is 0 Å². The van der Waals surface area contributed by atoms with Crippen molar-refractivity contribution < 1.29 is 28.9 Å². The normalized spacial score (nSPS) is 11.3. The molecule has 2 aromatic carbocycles. The zero-order chi connectivity index (χ0) is 25.6. The van der Waals surface area contributed by atoms with E-state index in [0.717, 1.165) is 29.7 Å². The Morgan fingerprint density at radius 3 is 2.31 bits per heavy atom. The number of carbonyl (C=O) groups excluding carboxylic acids is 1. The molecule has 0 spiro atoms. The van der Waals surface area contributed by atoms with E-state index in [4.69, 9.17) is 14.2 Å². The van der Waals surface area contributed by atoms with Crippen molar-refractivity contribution >= 4 is 23.6 Å². The Bertz CT molecular complexity index is 983. The molecule has 0 radical (unpaired) electrons. The lowest BCUT2D eigenvalue weighted by molar-refractivity contribution is -0.132. The summed E-state index contributed by atoms with van der Waals surface area (Å²) >= 11 is 0. The van der Waals surface area contributed by atoms with Gasteiger partial charge in [-0.25, -0.2) is 4.79 Å². The van der Waals surface area contributed by atoms with E-state index in [2.05, 4.69) is 6.92 Å². The Labute approximate surface area is 208 Å². The van der Waals surface area contributed by atoms with Crippen molar-refractivity contribution in [2.24, 2.45) is 0 Å². The number of amides is 1. The molecule has 0 aliphatic carbocycles. The number of carboxylic acids is 1. The summed E-state index contributed by atoms with van der Waals surface area (Å²) in [5.41, 5.74) is 2.96. The molecule has 35 heavy (non-hydrogen) atoms. The van der Waals surface area contributed by atoms with Crippen LogP contribution >= 0.6 is 0 Å². The van der Waals surface area contributed by atoms with Crippen LogP contribution in [0.5, 0.6) is 11.5 Å². The molecule has 7 heteroatoms. The fourth-order valence-electron chi connectivity index (χ4n) is 3.29. The van der Waals surface area contributed by atoms with Crippen LogP contribution in [0.4, 0.5) is 5.69 Å². The van der Waals surface area contributed by atoms with E-state index in [0.29, 0.717) is 50.8 Å². The van der Waals surface area contributed by atoms with Gasteiger partial charge in [0, 0.05) is 44.7 Å². The predicted octanol–water partition coefficient (Wildman–Crippen LogP) is 5.36. The minimum atomic E-state index is -0.959. The minimum absolute atomic E-state index is 0.0141. The Morgan fingerprint density at radius 2 is 1.69 bits per heavy atom. The molecule has 7 nitrogen and oxygen atoms in total. The smallest absolute Gasteiger partial charge is 0.331 e. The van der Waals surface area contributed by atoms with E-state index in [1.54, 1.807) is 18.0 Å². The number of hydrogen-bond acceptors (Lipinski definition) is 5. The van der Waals surface area contributed by atoms with Crippen LogP contribution in [0, 0.1) is 0 Å². The predicted molar refractivity (Wildman–Crippen MR) is 138 cm³/mol. The average Bonchev–Trinajstić information content (AvgIpc) is 2.84. The van der Waals surface area contributed by atoms with Crippen LogP contribution in [-0.2, 0) is 20.7 Å². The molecule has 190 valence electrons. The molecule has 0 saturated carbocycles. The Morgan fingerprint density at radius 1 is 0.971 bits per heavy atom. The summed E-state index contributed by atoms with van der Waals surface area (Å²) in [6.45, 7) is 7.43. The summed E-state index contributed by atoms with van der Waals surface area (Å²) in [4.78, 5) is 24.7. The topological polar surface area (TPSA) is 85.3 Å². The summed E-state index contributed by atoms with van der Waals surface area (Å²) in [6, 6.07) is 13.3. The maximum Gasteiger partial charge on any atom is 0.331 e. The van der Waals surface area contributed by atoms with Gasteiger partial charge in [0.25, 0.3) is 0 Å². The highest BCUT2D eigenvalue weighted by Gasteiger charge is 2.11. The first-order valence-electron chi connectivity index (χ1n) is 12.1. The number of carbonyl (C=O) groups is 2. The minimum Gasteiger partial charge on any atom is -0.490 e. The van der Waals surface area contributed by atoms with Gasteiger partial charge in [0.1, 0.15) is 0 Å². The van der Waals surface area contributed by atoms with Crippen LogP contribution in [0.2, 0.25) is 0 Å². The third-order valence-corrected chi connectivity index (χ3v) is 5.50. The Hall–Kier alpha value is -3.32. The molecule has 0 heterocycles. The van der Waals surface area contributed by atoms with Gasteiger partial charge in [-0.15, -0.1) is 0 Å². The number of nitrogens with zero attached hydrogens (tertiary/aromatic N) is 1. The van der Waals surface area contributed by atoms with Crippen LogP contribution in [-0.4, -0.2) is 50.5 Å². The average molecular weight is 484 g/mol. The maximum absolute atomic E-state index is 11.6. The number of benzene rings is 2. The van der Waals surface area contributed by atoms with Gasteiger partial charge < -0.3 is 24.2 Å². The number of unbranched alkanes of at least 4 members (excludes halogenated alkanes) is 1. The van der Waals surface area contributed by atoms with Gasteiger partial charge in [-0.05, 0) is 54.8 Å². The van der Waals surface area contributed by atoms with E-state index in [9.17, 15) is 14.7 Å². The quantitative estimate of drug-likeness (QED) is 0.271. The number of ether oxygens (including phenoxy) is 3. The fourth-order valence-corrected chi connectivity index (χ4v) is 3.29. The second-order valence-electron chi connectivity index (χ2n) is 8.17. The first kappa shape index (κ1) is 27.9. The first-order valence-corrected chi connectivity index (χ1v) is 12.1. The third kappa shape index (κ3) is 9.45. The van der Waals surface area contributed by atoms with Crippen LogP contribution < -0.4 is 14.4 Å². The van der Waals surface area contributed by atoms with Crippen molar-refractivity contribution in [3.05, 3.63) is 59.2 Å². The maximum atomic E-state index is 11.6. The van der Waals surface area contributed by atoms with Crippen LogP contribution in [0.3, 0.4) is 0 Å². The van der Waals surface area contributed by atoms with E-state index < -0.39 is 5.97 Å². The summed E-state index contributed by atoms with van der Waals surface area (Å²) < 4.78 is 17.3. The van der Waals surface area contributed by atoms with E-state index in [-0.39, 0.29) is 11.5 Å². The summed E-state index contributed by atoms with van der Waals surface area (Å²) in [5, 5.41) is 9.53. The fraction of sp³-hybridized carbons (Fsp3) is 0.429. The number of rotatable bonds is 15. The molecule has 0 aromatic heterocycles. The number of anilines is 1. The molecule has 0 atom stereocenters. The molecule has 0 aliphatic rings. The molecule has 2 rings (SSSR count). The standard InChI is InChI=1S/C28H37NO6/c1-5-7-16-34-27-20-23(19-24(28(31)32)15-17-33-6-2)10-13-26(27)35-18-14-22-8-11-25(12-9-22)29(4)21(3)30/h8-13,19-20H,5-7,14-18H2,1-4H3,(H,31,32). The van der Waals surface area contributed by atoms with Gasteiger partial charge >= 0.3 is 5.97 Å². The highest BCUT2D eigenvalue weighted by molar-refractivity contribution is 5.92. The van der Waals surface area contributed by atoms with Gasteiger partial charge in [0.15, 0.2) is 11.5 Å². The summed E-state index contributed by atoms with van der Waals surface area (Å²) in [7, 11) is 1.75. The van der Waals surface area contributed by atoms with Crippen molar-refractivity contribution in [2.45, 2.75) is 46.5 Å². The zero-order valence-corrected chi connectivity index (χ0v) is 21.2. The largest absolute Gasteiger partial charge is 0.490 e. The SMILES string of the molecule is CCCCOc1cc(C=C(CCOCC)C(=O)O)ccc1OCCc1ccc(N(C)C(C)=O)cc1. The van der Waals surface area contributed by atoms with Crippen molar-refractivity contribution in [1.82, 2.24) is 0 Å². The van der Waals surface area contributed by atoms with Gasteiger partial charge in [-0.3, -0.25) is 4.79 Å². The van der Waals surface area contributed by atoms with Crippen molar-refractivity contribution in [3.8, 4) is 11.5 Å². The molecule has 0 fully saturated rings. The van der Waals surface area contributed by atoms with Crippen molar-refractivity contribution in [3.63, 3.8) is 0 Å². The number of carboxylic acid groups (broad SMARTS) is 1. The molecule has 0 saturated heterocycles. The van der Waals surface area contributed by atoms with E-state index >= 15 is 0 Å². The highest BCUT2D eigenvalue weighted by atomic mass is 16.5. The molecule has 0 aliphatic heterocycles. The van der Waals surface area contributed by atoms with Crippen molar-refractivity contribution in [1.29, 1.82) is 0 Å². The third-order valence-electron chi connectivity index (χ3n) is 5.50. The molecule has 0 unspecified atom stereocenters. The molecular formula is C28H37NO6. The summed E-state index contributed by atoms with van der Waals surface area (Å²) in [6.07, 6.45) is 4.59. The number of aliphatic carboxylic acids is 1. The summed E-state index contributed by atoms with van der Waals surface area (Å²) in [5.74, 6) is 0.247. The molecule has 0 bridgehead atoms. The second kappa shape index (κ2) is 14.8. The second-order valence-corrected chi connectivity index (χ2v) is 8.17. The van der Waals surface area contributed by atoms with Gasteiger partial charge in [0.2, 0.25) is 5.91 Å². The monoisotopic (exact) mass is 483 g/mol. The lowest BCUT2D eigenvalue weighted by Gasteiger charge is -2.16. The lowest BCUT2D eigenvalue weighted by Crippen LogP contribution is -2.22. The van der Waals surface area contributed by atoms with Gasteiger partial charge in [-0.1, -0.05) is 31.5 Å². The molecular weight excluding hydrogens is 446 g/mol. The zero-order valence-electron chi connectivity index (χ0n) is 21.2. The van der Waals surface area contributed by atoms with E-state index in [1.165, 1.54) is 6.92 Å². The number of hydrogen-bond donors (Lipinski definition) is 1. The Balaban J connectivity index is 2.10. The van der Waals surface area contributed by atoms with Crippen LogP contribution in [0.25, 0.3) is 6.08 Å². The Kier molecular flexibility index (Phi) is 11.8. The van der Waals surface area contributed by atoms with Crippen molar-refractivity contribution in [2.75, 3.05) is 38.4 Å². The van der Waals surface area contributed by atoms with Crippen LogP contribution in [0.15, 0.2) is 48.0 Å². The van der Waals surface area contributed by atoms with Gasteiger partial charge in [0.05, 0.1) is 19.8 Å². The lowest BCUT2D eigenvalue weighted by atomic mass is 10.1.